The van der Waals surface area contributed by atoms with Gasteiger partial charge in [0.1, 0.15) is 11.4 Å². The van der Waals surface area contributed by atoms with Crippen molar-refractivity contribution >= 4 is 5.69 Å². The number of benzene rings is 1. The maximum atomic E-state index is 10.9. The predicted octanol–water partition coefficient (Wildman–Crippen LogP) is 1.94. The Morgan fingerprint density at radius 2 is 2.11 bits per heavy atom. The Hall–Kier alpha value is -2.15. The molecule has 0 fully saturated rings. The van der Waals surface area contributed by atoms with Gasteiger partial charge in [-0.2, -0.15) is 0 Å². The second-order valence-corrected chi connectivity index (χ2v) is 3.83. The second kappa shape index (κ2) is 5.66. The molecule has 6 heteroatoms. The Kier molecular flexibility index (Phi) is 3.96. The summed E-state index contributed by atoms with van der Waals surface area (Å²) >= 11 is 0. The highest BCUT2D eigenvalue weighted by Crippen LogP contribution is 2.30. The molecule has 0 unspecified atom stereocenters. The number of ether oxygens (including phenoxy) is 1. The van der Waals surface area contributed by atoms with Gasteiger partial charge in [0.15, 0.2) is 0 Å². The summed E-state index contributed by atoms with van der Waals surface area (Å²) in [6.07, 6.45) is 0. The molecular formula is C13H13N2O4-. The van der Waals surface area contributed by atoms with E-state index in [9.17, 15) is 5.21 Å². The highest BCUT2D eigenvalue weighted by molar-refractivity contribution is 5.70. The summed E-state index contributed by atoms with van der Waals surface area (Å²) in [4.78, 5) is 4.26. The first-order chi connectivity index (χ1) is 9.15. The third kappa shape index (κ3) is 2.82. The average molecular weight is 261 g/mol. The first-order valence-corrected chi connectivity index (χ1v) is 5.57. The van der Waals surface area contributed by atoms with E-state index in [1.165, 1.54) is 19.2 Å². The van der Waals surface area contributed by atoms with Crippen LogP contribution in [0.25, 0.3) is 11.3 Å². The van der Waals surface area contributed by atoms with Crippen LogP contribution in [0.15, 0.2) is 36.4 Å². The molecule has 0 aliphatic heterocycles. The highest BCUT2D eigenvalue weighted by atomic mass is 16.8. The van der Waals surface area contributed by atoms with Crippen molar-refractivity contribution in [3.05, 3.63) is 47.3 Å². The minimum Gasteiger partial charge on any atom is -0.733 e. The fourth-order valence-corrected chi connectivity index (χ4v) is 1.72. The van der Waals surface area contributed by atoms with Gasteiger partial charge in [-0.25, -0.2) is 4.98 Å². The molecule has 0 aliphatic carbocycles. The molecule has 100 valence electrons. The lowest BCUT2D eigenvalue weighted by molar-refractivity contribution is 0.276. The van der Waals surface area contributed by atoms with E-state index in [0.29, 0.717) is 22.7 Å². The lowest BCUT2D eigenvalue weighted by atomic mass is 10.1. The van der Waals surface area contributed by atoms with Gasteiger partial charge in [-0.15, -0.1) is 0 Å². The largest absolute Gasteiger partial charge is 0.733 e. The standard InChI is InChI=1S/C13H13N2O4/c1-19-12-6-5-10(8-16)14-13(12)9-3-2-4-11(7-9)15(17)18/h2-7,16-17H,8H2,1H3/q-1. The van der Waals surface area contributed by atoms with Gasteiger partial charge in [-0.05, 0) is 24.3 Å². The number of hydrogen-bond acceptors (Lipinski definition) is 6. The molecule has 2 N–H and O–H groups in total. The van der Waals surface area contributed by atoms with Crippen molar-refractivity contribution in [1.82, 2.24) is 4.98 Å². The van der Waals surface area contributed by atoms with E-state index in [2.05, 4.69) is 4.98 Å². The number of aliphatic hydroxyl groups is 1. The predicted molar refractivity (Wildman–Crippen MR) is 69.8 cm³/mol. The molecule has 0 atom stereocenters. The molecule has 1 aromatic heterocycles. The fraction of sp³-hybridized carbons (Fsp3) is 0.154. The monoisotopic (exact) mass is 261 g/mol. The Morgan fingerprint density at radius 3 is 2.74 bits per heavy atom. The molecule has 0 spiro atoms. The van der Waals surface area contributed by atoms with Crippen molar-refractivity contribution in [3.8, 4) is 17.0 Å². The van der Waals surface area contributed by atoms with E-state index < -0.39 is 0 Å². The summed E-state index contributed by atoms with van der Waals surface area (Å²) in [5, 5.41) is 28.7. The Bertz CT molecular complexity index is 572. The summed E-state index contributed by atoms with van der Waals surface area (Å²) in [6.45, 7) is -0.190. The fourth-order valence-electron chi connectivity index (χ4n) is 1.72. The number of hydrogen-bond donors (Lipinski definition) is 2. The minimum atomic E-state index is -0.216. The van der Waals surface area contributed by atoms with Crippen LogP contribution in [0, 0.1) is 5.21 Å². The topological polar surface area (TPSA) is 88.9 Å². The molecule has 2 rings (SSSR count). The van der Waals surface area contributed by atoms with Gasteiger partial charge >= 0.3 is 0 Å². The molecule has 0 bridgehead atoms. The van der Waals surface area contributed by atoms with Crippen LogP contribution < -0.4 is 9.96 Å². The Morgan fingerprint density at radius 1 is 1.32 bits per heavy atom. The number of pyridine rings is 1. The Balaban J connectivity index is 2.53. The highest BCUT2D eigenvalue weighted by Gasteiger charge is 2.09. The third-order valence-corrected chi connectivity index (χ3v) is 2.64. The molecule has 0 saturated carbocycles. The molecule has 0 saturated heterocycles. The summed E-state index contributed by atoms with van der Waals surface area (Å²) in [5.41, 5.74) is 1.69. The van der Waals surface area contributed by atoms with Crippen LogP contribution in [-0.2, 0) is 6.61 Å². The van der Waals surface area contributed by atoms with Gasteiger partial charge < -0.3 is 20.3 Å². The van der Waals surface area contributed by atoms with E-state index in [1.807, 2.05) is 0 Å². The van der Waals surface area contributed by atoms with Crippen molar-refractivity contribution in [2.45, 2.75) is 6.61 Å². The summed E-state index contributed by atoms with van der Waals surface area (Å²) in [6, 6.07) is 9.65. The van der Waals surface area contributed by atoms with Crippen LogP contribution in [0.3, 0.4) is 0 Å². The molecule has 6 nitrogen and oxygen atoms in total. The van der Waals surface area contributed by atoms with E-state index in [4.69, 9.17) is 15.1 Å². The van der Waals surface area contributed by atoms with E-state index in [0.717, 1.165) is 0 Å². The smallest absolute Gasteiger partial charge is 0.145 e. The maximum Gasteiger partial charge on any atom is 0.145 e. The van der Waals surface area contributed by atoms with Crippen LogP contribution in [0.2, 0.25) is 0 Å². The van der Waals surface area contributed by atoms with Crippen molar-refractivity contribution in [2.24, 2.45) is 0 Å². The maximum absolute atomic E-state index is 10.9. The molecule has 2 aromatic rings. The van der Waals surface area contributed by atoms with Crippen molar-refractivity contribution in [3.63, 3.8) is 0 Å². The first-order valence-electron chi connectivity index (χ1n) is 5.57. The number of aliphatic hydroxyl groups excluding tert-OH is 1. The summed E-state index contributed by atoms with van der Waals surface area (Å²) < 4.78 is 5.20. The zero-order valence-electron chi connectivity index (χ0n) is 10.3. The number of anilines is 1. The molecule has 0 amide bonds. The summed E-state index contributed by atoms with van der Waals surface area (Å²) in [7, 11) is 1.51. The molecule has 0 aliphatic rings. The van der Waals surface area contributed by atoms with Gasteiger partial charge in [0.2, 0.25) is 0 Å². The van der Waals surface area contributed by atoms with E-state index >= 15 is 0 Å². The van der Waals surface area contributed by atoms with Gasteiger partial charge in [-0.1, -0.05) is 12.1 Å². The first kappa shape index (κ1) is 13.3. The third-order valence-electron chi connectivity index (χ3n) is 2.64. The average Bonchev–Trinajstić information content (AvgIpc) is 2.46. The van der Waals surface area contributed by atoms with Gasteiger partial charge in [0.25, 0.3) is 0 Å². The normalized spacial score (nSPS) is 10.3. The zero-order chi connectivity index (χ0) is 13.8. The van der Waals surface area contributed by atoms with Crippen molar-refractivity contribution < 1.29 is 15.1 Å². The molecular weight excluding hydrogens is 248 g/mol. The van der Waals surface area contributed by atoms with E-state index in [1.54, 1.807) is 24.3 Å². The number of nitrogens with zero attached hydrogens (tertiary/aromatic N) is 2. The molecule has 1 aromatic carbocycles. The SMILES string of the molecule is COc1ccc(CO)nc1-c1cccc(N([O-])O)c1. The molecule has 19 heavy (non-hydrogen) atoms. The van der Waals surface area contributed by atoms with Gasteiger partial charge in [0.05, 0.1) is 25.1 Å². The van der Waals surface area contributed by atoms with Crippen LogP contribution >= 0.6 is 0 Å². The number of aromatic nitrogens is 1. The molecule has 0 radical (unpaired) electrons. The van der Waals surface area contributed by atoms with Crippen LogP contribution in [0.5, 0.6) is 5.75 Å². The minimum absolute atomic E-state index is 0.0933. The quantitative estimate of drug-likeness (QED) is 0.817. The number of rotatable bonds is 4. The van der Waals surface area contributed by atoms with Gasteiger partial charge in [0, 0.05) is 5.56 Å². The lowest BCUT2D eigenvalue weighted by Crippen LogP contribution is -2.06. The van der Waals surface area contributed by atoms with Gasteiger partial charge in [-0.3, -0.25) is 5.21 Å². The zero-order valence-corrected chi connectivity index (χ0v) is 10.3. The van der Waals surface area contributed by atoms with E-state index in [-0.39, 0.29) is 17.5 Å². The number of methoxy groups -OCH3 is 1. The van der Waals surface area contributed by atoms with Crippen LogP contribution in [-0.4, -0.2) is 22.4 Å². The lowest BCUT2D eigenvalue weighted by Gasteiger charge is -2.22. The molecule has 1 heterocycles. The van der Waals surface area contributed by atoms with Crippen molar-refractivity contribution in [1.29, 1.82) is 0 Å². The van der Waals surface area contributed by atoms with Crippen LogP contribution in [0.1, 0.15) is 5.69 Å². The summed E-state index contributed by atoms with van der Waals surface area (Å²) in [5.74, 6) is 0.518. The Labute approximate surface area is 110 Å². The van der Waals surface area contributed by atoms with Crippen molar-refractivity contribution in [2.75, 3.05) is 12.3 Å². The second-order valence-electron chi connectivity index (χ2n) is 3.83. The van der Waals surface area contributed by atoms with Crippen LogP contribution in [0.4, 0.5) is 5.69 Å².